The fraction of sp³-hybridized carbons (Fsp3) is 0. The third kappa shape index (κ3) is 13.9. The van der Waals surface area contributed by atoms with Crippen molar-refractivity contribution in [2.75, 3.05) is 0 Å². The van der Waals surface area contributed by atoms with Crippen LogP contribution in [0.5, 0.6) is 0 Å². The first-order valence-electron chi connectivity index (χ1n) is 43.7. The van der Waals surface area contributed by atoms with Crippen LogP contribution >= 0.6 is 0 Å². The van der Waals surface area contributed by atoms with E-state index in [-0.39, 0.29) is 0 Å². The zero-order chi connectivity index (χ0) is 84.1. The van der Waals surface area contributed by atoms with Crippen LogP contribution in [0, 0.1) is 0 Å². The number of hydrogen-bond acceptors (Lipinski definition) is 0. The van der Waals surface area contributed by atoms with E-state index in [4.69, 9.17) is 0 Å². The second-order valence-electron chi connectivity index (χ2n) is 32.9. The average molecular weight is 1620 g/mol. The Morgan fingerprint density at radius 3 is 0.819 bits per heavy atom. The van der Waals surface area contributed by atoms with E-state index in [1.165, 1.54) is 226 Å². The summed E-state index contributed by atoms with van der Waals surface area (Å²) >= 11 is 0. The van der Waals surface area contributed by atoms with Gasteiger partial charge in [0.1, 0.15) is 0 Å². The molecule has 3 heteroatoms. The van der Waals surface area contributed by atoms with E-state index in [0.29, 0.717) is 0 Å². The summed E-state index contributed by atoms with van der Waals surface area (Å²) in [6.45, 7) is 0. The minimum Gasteiger partial charge on any atom is -0.309 e. The van der Waals surface area contributed by atoms with Gasteiger partial charge in [-0.15, -0.1) is 0 Å². The zero-order valence-corrected chi connectivity index (χ0v) is 69.8. The van der Waals surface area contributed by atoms with Gasteiger partial charge in [-0.1, -0.05) is 394 Å². The molecule has 0 radical (unpaired) electrons. The van der Waals surface area contributed by atoms with Crippen molar-refractivity contribution in [3.05, 3.63) is 504 Å². The summed E-state index contributed by atoms with van der Waals surface area (Å²) in [5.41, 5.74) is 33.1. The van der Waals surface area contributed by atoms with E-state index in [0.717, 1.165) is 0 Å². The number of rotatable bonds is 12. The summed E-state index contributed by atoms with van der Waals surface area (Å²) in [5, 5.41) is 17.8. The predicted molar refractivity (Wildman–Crippen MR) is 541 cm³/mol. The molecule has 3 nitrogen and oxygen atoms in total. The average Bonchev–Trinajstić information content (AvgIpc) is 1.60. The summed E-state index contributed by atoms with van der Waals surface area (Å²) in [6, 6.07) is 182. The van der Waals surface area contributed by atoms with Gasteiger partial charge in [-0.2, -0.15) is 0 Å². The molecule has 0 saturated carbocycles. The van der Waals surface area contributed by atoms with Gasteiger partial charge in [-0.3, -0.25) is 0 Å². The van der Waals surface area contributed by atoms with Crippen molar-refractivity contribution < 1.29 is 0 Å². The molecule has 0 fully saturated rings. The van der Waals surface area contributed by atoms with Crippen LogP contribution in [0.15, 0.2) is 504 Å². The Balaban J connectivity index is 0.000000109. The van der Waals surface area contributed by atoms with Gasteiger partial charge in [0.2, 0.25) is 0 Å². The lowest BCUT2D eigenvalue weighted by molar-refractivity contribution is 1.18. The van der Waals surface area contributed by atoms with Crippen LogP contribution in [-0.2, 0) is 0 Å². The molecule has 25 aromatic rings. The molecule has 0 atom stereocenters. The summed E-state index contributed by atoms with van der Waals surface area (Å²) < 4.78 is 7.12. The van der Waals surface area contributed by atoms with Gasteiger partial charge in [-0.25, -0.2) is 0 Å². The summed E-state index contributed by atoms with van der Waals surface area (Å²) in [4.78, 5) is 0. The molecule has 0 aliphatic carbocycles. The lowest BCUT2D eigenvalue weighted by Crippen LogP contribution is -1.93. The van der Waals surface area contributed by atoms with Crippen molar-refractivity contribution in [3.8, 4) is 117 Å². The van der Waals surface area contributed by atoms with E-state index in [2.05, 4.69) is 517 Å². The second kappa shape index (κ2) is 32.6. The van der Waals surface area contributed by atoms with E-state index in [1.807, 2.05) is 0 Å². The standard InChI is InChI=1S/C44H29N.2C40H27N/c1-3-11-30(12-4-1)33-23-25-43-41(27-33)42-28-34(24-26-44(42)45(43)36-14-5-2-6-15-36)31-19-21-32(22-20-31)40-29-35-13-7-8-16-37(35)38-17-9-10-18-39(38)40;1-2-14-34(15-3-1)41-39-19-7-6-17-37(39)38-27-33(24-25-40(38)41)32-13-8-12-31(26-32)28-20-22-30(23-21-28)36-18-9-11-29-10-4-5-16-35(29)36;1-2-13-32(14-3-1)41-39-20-9-8-18-37(39)38-27-31(25-26-40(38)41)36-17-7-6-16-34(36)29-21-23-30(24-22-29)35-19-10-12-28-11-4-5-15-33(28)35/h1-29H;2*1-27H. The largest absolute Gasteiger partial charge is 0.309 e. The van der Waals surface area contributed by atoms with Crippen LogP contribution in [0.1, 0.15) is 0 Å². The van der Waals surface area contributed by atoms with Crippen LogP contribution in [0.25, 0.3) is 226 Å². The van der Waals surface area contributed by atoms with Gasteiger partial charge >= 0.3 is 0 Å². The molecule has 0 aliphatic heterocycles. The Morgan fingerprint density at radius 1 is 0.102 bits per heavy atom. The molecule has 0 bridgehead atoms. The molecular formula is C124H83N3. The van der Waals surface area contributed by atoms with Crippen molar-refractivity contribution in [3.63, 3.8) is 0 Å². The van der Waals surface area contributed by atoms with Crippen LogP contribution in [0.4, 0.5) is 0 Å². The molecule has 0 N–H and O–H groups in total. The first-order chi connectivity index (χ1) is 63.0. The highest BCUT2D eigenvalue weighted by atomic mass is 15.0. The third-order valence-electron chi connectivity index (χ3n) is 25.6. The quantitative estimate of drug-likeness (QED) is 0.108. The van der Waals surface area contributed by atoms with Crippen molar-refractivity contribution in [2.24, 2.45) is 0 Å². The van der Waals surface area contributed by atoms with Gasteiger partial charge < -0.3 is 13.7 Å². The molecule has 0 spiro atoms. The van der Waals surface area contributed by atoms with Crippen LogP contribution in [0.3, 0.4) is 0 Å². The van der Waals surface area contributed by atoms with E-state index < -0.39 is 0 Å². The lowest BCUT2D eigenvalue weighted by atomic mass is 9.92. The fourth-order valence-electron chi connectivity index (χ4n) is 19.5. The maximum absolute atomic E-state index is 2.39. The SMILES string of the molecule is c1ccc(-c2ccc3c(c2)c2cc(-c4ccc(-c5cc6ccccc6c6ccccc56)cc4)ccc2n3-c2ccccc2)cc1.c1ccc(-n2c3ccccc3c3cc(-c4cccc(-c5ccc(-c6cccc7ccccc67)cc5)c4)ccc32)cc1.c1ccc(-n2c3ccccc3c3cc(-c4ccccc4-c4ccc(-c5cccc6ccccc56)cc4)ccc32)cc1. The zero-order valence-electron chi connectivity index (χ0n) is 69.8. The van der Waals surface area contributed by atoms with Gasteiger partial charge in [0.05, 0.1) is 33.1 Å². The Bertz CT molecular complexity index is 8440. The van der Waals surface area contributed by atoms with Crippen molar-refractivity contribution in [2.45, 2.75) is 0 Å². The molecule has 25 rings (SSSR count). The third-order valence-corrected chi connectivity index (χ3v) is 25.6. The summed E-state index contributed by atoms with van der Waals surface area (Å²) in [7, 11) is 0. The first kappa shape index (κ1) is 75.3. The van der Waals surface area contributed by atoms with Crippen molar-refractivity contribution in [1.82, 2.24) is 13.7 Å². The molecule has 0 unspecified atom stereocenters. The molecular weight excluding hydrogens is 1530 g/mol. The van der Waals surface area contributed by atoms with Crippen LogP contribution in [-0.4, -0.2) is 13.7 Å². The lowest BCUT2D eigenvalue weighted by Gasteiger charge is -2.13. The van der Waals surface area contributed by atoms with E-state index in [9.17, 15) is 0 Å². The molecule has 0 saturated heterocycles. The first-order valence-corrected chi connectivity index (χ1v) is 43.7. The molecule has 22 aromatic carbocycles. The number of benzene rings is 22. The Morgan fingerprint density at radius 2 is 0.354 bits per heavy atom. The molecule has 0 amide bonds. The summed E-state index contributed by atoms with van der Waals surface area (Å²) in [6.07, 6.45) is 0. The molecule has 3 aromatic heterocycles. The molecule has 127 heavy (non-hydrogen) atoms. The van der Waals surface area contributed by atoms with Gasteiger partial charge in [0.25, 0.3) is 0 Å². The predicted octanol–water partition coefficient (Wildman–Crippen LogP) is 34.0. The molecule has 0 aliphatic rings. The van der Waals surface area contributed by atoms with Crippen LogP contribution < -0.4 is 0 Å². The number of hydrogen-bond donors (Lipinski definition) is 0. The second-order valence-corrected chi connectivity index (χ2v) is 32.9. The number of nitrogens with zero attached hydrogens (tertiary/aromatic N) is 3. The number of fused-ring (bicyclic) bond motifs is 14. The highest BCUT2D eigenvalue weighted by Gasteiger charge is 2.21. The Kier molecular flexibility index (Phi) is 19.3. The topological polar surface area (TPSA) is 14.8 Å². The highest BCUT2D eigenvalue weighted by Crippen LogP contribution is 2.45. The fourth-order valence-corrected chi connectivity index (χ4v) is 19.5. The monoisotopic (exact) mass is 1610 g/mol. The number of aromatic nitrogens is 3. The highest BCUT2D eigenvalue weighted by molar-refractivity contribution is 6.16. The Hall–Kier alpha value is -16.7. The van der Waals surface area contributed by atoms with Gasteiger partial charge in [-0.05, 0) is 252 Å². The van der Waals surface area contributed by atoms with E-state index in [1.54, 1.807) is 0 Å². The van der Waals surface area contributed by atoms with Gasteiger partial charge in [0.15, 0.2) is 0 Å². The Labute approximate surface area is 737 Å². The minimum atomic E-state index is 1.17. The van der Waals surface area contributed by atoms with Crippen molar-refractivity contribution >= 4 is 109 Å². The van der Waals surface area contributed by atoms with E-state index >= 15 is 0 Å². The minimum absolute atomic E-state index is 1.17. The smallest absolute Gasteiger partial charge is 0.0541 e. The molecule has 594 valence electrons. The normalized spacial score (nSPS) is 11.5. The molecule has 3 heterocycles. The van der Waals surface area contributed by atoms with Crippen molar-refractivity contribution in [1.29, 1.82) is 0 Å². The number of para-hydroxylation sites is 5. The maximum atomic E-state index is 2.39. The van der Waals surface area contributed by atoms with Crippen LogP contribution in [0.2, 0.25) is 0 Å². The maximum Gasteiger partial charge on any atom is 0.0541 e. The van der Waals surface area contributed by atoms with Gasteiger partial charge in [0, 0.05) is 49.4 Å². The summed E-state index contributed by atoms with van der Waals surface area (Å²) in [5.74, 6) is 0.